The highest BCUT2D eigenvalue weighted by Gasteiger charge is 2.34. The van der Waals surface area contributed by atoms with E-state index in [1.165, 1.54) is 0 Å². The third-order valence-corrected chi connectivity index (χ3v) is 3.35. The van der Waals surface area contributed by atoms with E-state index in [0.717, 1.165) is 24.7 Å². The predicted molar refractivity (Wildman–Crippen MR) is 63.4 cm³/mol. The van der Waals surface area contributed by atoms with Crippen LogP contribution >= 0.6 is 0 Å². The van der Waals surface area contributed by atoms with E-state index in [2.05, 4.69) is 26.5 Å². The molecule has 0 fully saturated rings. The van der Waals surface area contributed by atoms with Crippen molar-refractivity contribution in [2.24, 2.45) is 23.0 Å². The molecular weight excluding hydrogens is 186 g/mol. The van der Waals surface area contributed by atoms with E-state index in [9.17, 15) is 4.79 Å². The molecule has 2 nitrogen and oxygen atoms in total. The summed E-state index contributed by atoms with van der Waals surface area (Å²) >= 11 is 0. The van der Waals surface area contributed by atoms with Gasteiger partial charge in [-0.15, -0.1) is 0 Å². The number of carbonyl (C=O) groups is 1. The van der Waals surface area contributed by atoms with E-state index in [1.54, 1.807) is 0 Å². The Morgan fingerprint density at radius 1 is 1.60 bits per heavy atom. The van der Waals surface area contributed by atoms with Crippen molar-refractivity contribution in [3.8, 4) is 0 Å². The van der Waals surface area contributed by atoms with Crippen molar-refractivity contribution >= 4 is 6.29 Å². The highest BCUT2D eigenvalue weighted by atomic mass is 16.1. The van der Waals surface area contributed by atoms with Gasteiger partial charge in [0.1, 0.15) is 6.29 Å². The van der Waals surface area contributed by atoms with Gasteiger partial charge in [0.15, 0.2) is 0 Å². The van der Waals surface area contributed by atoms with Gasteiger partial charge in [0.05, 0.1) is 5.92 Å². The van der Waals surface area contributed by atoms with Crippen LogP contribution in [0.5, 0.6) is 0 Å². The zero-order valence-electron chi connectivity index (χ0n) is 9.70. The standard InChI is InChI=1S/C13H21NO/c1-10-11(9-15)6-7-13(2,3)12(10)5-4-8-14/h6-7,9,11-12H,1,4-5,8,14H2,2-3H3. The van der Waals surface area contributed by atoms with Crippen LogP contribution in [0.25, 0.3) is 0 Å². The summed E-state index contributed by atoms with van der Waals surface area (Å²) in [5, 5.41) is 0. The topological polar surface area (TPSA) is 43.1 Å². The molecule has 2 unspecified atom stereocenters. The predicted octanol–water partition coefficient (Wildman–Crippen LogP) is 2.31. The Morgan fingerprint density at radius 2 is 2.27 bits per heavy atom. The summed E-state index contributed by atoms with van der Waals surface area (Å²) in [7, 11) is 0. The first kappa shape index (κ1) is 12.2. The summed E-state index contributed by atoms with van der Waals surface area (Å²) < 4.78 is 0. The highest BCUT2D eigenvalue weighted by Crippen LogP contribution is 2.43. The van der Waals surface area contributed by atoms with Crippen molar-refractivity contribution in [2.75, 3.05) is 6.54 Å². The van der Waals surface area contributed by atoms with Crippen LogP contribution in [-0.4, -0.2) is 12.8 Å². The van der Waals surface area contributed by atoms with Gasteiger partial charge in [0.2, 0.25) is 0 Å². The van der Waals surface area contributed by atoms with Crippen molar-refractivity contribution < 1.29 is 4.79 Å². The van der Waals surface area contributed by atoms with Gasteiger partial charge in [-0.3, -0.25) is 0 Å². The highest BCUT2D eigenvalue weighted by molar-refractivity contribution is 5.63. The zero-order valence-corrected chi connectivity index (χ0v) is 9.70. The van der Waals surface area contributed by atoms with Crippen LogP contribution in [0, 0.1) is 17.3 Å². The van der Waals surface area contributed by atoms with Crippen LogP contribution in [0.15, 0.2) is 24.3 Å². The minimum Gasteiger partial charge on any atom is -0.330 e. The van der Waals surface area contributed by atoms with Crippen molar-refractivity contribution in [1.29, 1.82) is 0 Å². The molecule has 1 aliphatic rings. The fourth-order valence-corrected chi connectivity index (χ4v) is 2.31. The quantitative estimate of drug-likeness (QED) is 0.568. The molecule has 2 N–H and O–H groups in total. The molecule has 0 aromatic rings. The van der Waals surface area contributed by atoms with E-state index in [-0.39, 0.29) is 11.3 Å². The maximum absolute atomic E-state index is 10.9. The molecule has 0 aromatic heterocycles. The van der Waals surface area contributed by atoms with Crippen molar-refractivity contribution in [2.45, 2.75) is 26.7 Å². The van der Waals surface area contributed by atoms with Gasteiger partial charge in [0, 0.05) is 0 Å². The summed E-state index contributed by atoms with van der Waals surface area (Å²) in [5.41, 5.74) is 6.68. The van der Waals surface area contributed by atoms with E-state index < -0.39 is 0 Å². The third kappa shape index (κ3) is 2.57. The van der Waals surface area contributed by atoms with Gasteiger partial charge in [-0.05, 0) is 30.7 Å². The van der Waals surface area contributed by atoms with Gasteiger partial charge >= 0.3 is 0 Å². The maximum atomic E-state index is 10.9. The molecule has 0 saturated heterocycles. The Labute approximate surface area is 92.2 Å². The molecule has 0 amide bonds. The first-order chi connectivity index (χ1) is 7.03. The molecule has 2 heteroatoms. The van der Waals surface area contributed by atoms with Crippen LogP contribution in [0.1, 0.15) is 26.7 Å². The molecule has 1 aliphatic carbocycles. The van der Waals surface area contributed by atoms with Gasteiger partial charge in [0.25, 0.3) is 0 Å². The number of aldehydes is 1. The summed E-state index contributed by atoms with van der Waals surface area (Å²) in [5.74, 6) is 0.280. The van der Waals surface area contributed by atoms with Gasteiger partial charge in [-0.1, -0.05) is 38.2 Å². The fraction of sp³-hybridized carbons (Fsp3) is 0.615. The lowest BCUT2D eigenvalue weighted by atomic mass is 9.66. The molecule has 84 valence electrons. The summed E-state index contributed by atoms with van der Waals surface area (Å²) in [6.07, 6.45) is 7.10. The smallest absolute Gasteiger partial charge is 0.130 e. The number of hydrogen-bond donors (Lipinski definition) is 1. The fourth-order valence-electron chi connectivity index (χ4n) is 2.31. The average molecular weight is 207 g/mol. The van der Waals surface area contributed by atoms with Crippen LogP contribution in [0.3, 0.4) is 0 Å². The number of rotatable bonds is 4. The van der Waals surface area contributed by atoms with Crippen molar-refractivity contribution in [3.05, 3.63) is 24.3 Å². The maximum Gasteiger partial charge on any atom is 0.130 e. The zero-order chi connectivity index (χ0) is 11.5. The third-order valence-electron chi connectivity index (χ3n) is 3.35. The molecule has 1 rings (SSSR count). The molecule has 2 atom stereocenters. The summed E-state index contributed by atoms with van der Waals surface area (Å²) in [6, 6.07) is 0. The lowest BCUT2D eigenvalue weighted by Gasteiger charge is -2.38. The Bertz CT molecular complexity index is 278. The number of carbonyl (C=O) groups excluding carboxylic acids is 1. The van der Waals surface area contributed by atoms with Crippen LogP contribution in [0.4, 0.5) is 0 Å². The monoisotopic (exact) mass is 207 g/mol. The molecule has 0 bridgehead atoms. The van der Waals surface area contributed by atoms with E-state index in [0.29, 0.717) is 12.5 Å². The Morgan fingerprint density at radius 3 is 2.80 bits per heavy atom. The van der Waals surface area contributed by atoms with Crippen LogP contribution in [-0.2, 0) is 4.79 Å². The molecule has 0 aliphatic heterocycles. The second kappa shape index (κ2) is 4.75. The van der Waals surface area contributed by atoms with Gasteiger partial charge in [-0.25, -0.2) is 0 Å². The second-order valence-corrected chi connectivity index (χ2v) is 4.90. The normalized spacial score (nSPS) is 29.1. The van der Waals surface area contributed by atoms with E-state index >= 15 is 0 Å². The average Bonchev–Trinajstić information content (AvgIpc) is 2.17. The van der Waals surface area contributed by atoms with Crippen molar-refractivity contribution in [1.82, 2.24) is 0 Å². The molecular formula is C13H21NO. The Balaban J connectivity index is 2.85. The lowest BCUT2D eigenvalue weighted by Crippen LogP contribution is -2.31. The Hall–Kier alpha value is -0.890. The summed E-state index contributed by atoms with van der Waals surface area (Å²) in [6.45, 7) is 9.16. The molecule has 15 heavy (non-hydrogen) atoms. The minimum atomic E-state index is -0.0965. The largest absolute Gasteiger partial charge is 0.330 e. The number of allylic oxidation sites excluding steroid dienone is 3. The SMILES string of the molecule is C=C1C(C=O)C=CC(C)(C)C1CCCN. The number of hydrogen-bond acceptors (Lipinski definition) is 2. The lowest BCUT2D eigenvalue weighted by molar-refractivity contribution is -0.109. The molecule has 0 radical (unpaired) electrons. The first-order valence-electron chi connectivity index (χ1n) is 5.56. The second-order valence-electron chi connectivity index (χ2n) is 4.90. The van der Waals surface area contributed by atoms with E-state index in [4.69, 9.17) is 5.73 Å². The van der Waals surface area contributed by atoms with Gasteiger partial charge < -0.3 is 10.5 Å². The molecule has 0 aromatic carbocycles. The Kier molecular flexibility index (Phi) is 3.86. The van der Waals surface area contributed by atoms with Crippen molar-refractivity contribution in [3.63, 3.8) is 0 Å². The minimum absolute atomic E-state index is 0.0965. The first-order valence-corrected chi connectivity index (χ1v) is 5.56. The molecule has 0 spiro atoms. The van der Waals surface area contributed by atoms with Crippen LogP contribution in [0.2, 0.25) is 0 Å². The number of nitrogens with two attached hydrogens (primary N) is 1. The van der Waals surface area contributed by atoms with Crippen LogP contribution < -0.4 is 5.73 Å². The summed E-state index contributed by atoms with van der Waals surface area (Å²) in [4.78, 5) is 10.9. The molecule has 0 saturated carbocycles. The van der Waals surface area contributed by atoms with Gasteiger partial charge in [-0.2, -0.15) is 0 Å². The van der Waals surface area contributed by atoms with E-state index in [1.807, 2.05) is 6.08 Å². The molecule has 0 heterocycles.